The quantitative estimate of drug-likeness (QED) is 0.511. The highest BCUT2D eigenvalue weighted by Crippen LogP contribution is 2.39. The molecule has 134 valence electrons. The molecular formula is C21H21NO4. The van der Waals surface area contributed by atoms with Crippen LogP contribution in [0.4, 0.5) is 0 Å². The molecule has 5 heteroatoms. The summed E-state index contributed by atoms with van der Waals surface area (Å²) in [5, 5.41) is 10.8. The van der Waals surface area contributed by atoms with Gasteiger partial charge in [0.15, 0.2) is 0 Å². The maximum atomic E-state index is 12.7. The normalized spacial score (nSPS) is 19.2. The number of aliphatic hydroxyl groups is 1. The molecule has 0 unspecified atom stereocenters. The second-order valence-corrected chi connectivity index (χ2v) is 6.26. The Kier molecular flexibility index (Phi) is 5.19. The zero-order chi connectivity index (χ0) is 18.7. The topological polar surface area (TPSA) is 66.8 Å². The molecule has 1 amide bonds. The van der Waals surface area contributed by atoms with Crippen LogP contribution in [0.3, 0.4) is 0 Å². The van der Waals surface area contributed by atoms with Crippen molar-refractivity contribution in [2.45, 2.75) is 13.0 Å². The number of ether oxygens (including phenoxy) is 1. The lowest BCUT2D eigenvalue weighted by atomic mass is 9.95. The van der Waals surface area contributed by atoms with Crippen molar-refractivity contribution in [3.8, 4) is 0 Å². The minimum absolute atomic E-state index is 0.112. The number of Topliss-reactive ketones (excluding diaryl/α,β-unsaturated/α-hetero) is 1. The lowest BCUT2D eigenvalue weighted by Gasteiger charge is -2.25. The zero-order valence-corrected chi connectivity index (χ0v) is 14.8. The van der Waals surface area contributed by atoms with Crippen LogP contribution in [0.15, 0.2) is 60.2 Å². The highest BCUT2D eigenvalue weighted by Gasteiger charge is 2.45. The molecule has 0 spiro atoms. The van der Waals surface area contributed by atoms with E-state index in [1.54, 1.807) is 19.2 Å². The summed E-state index contributed by atoms with van der Waals surface area (Å²) < 4.78 is 5.08. The Balaban J connectivity index is 2.14. The van der Waals surface area contributed by atoms with Crippen molar-refractivity contribution in [2.24, 2.45) is 0 Å². The molecule has 0 radical (unpaired) electrons. The van der Waals surface area contributed by atoms with E-state index in [0.717, 1.165) is 11.1 Å². The third-order valence-corrected chi connectivity index (χ3v) is 4.52. The number of aryl methyl sites for hydroxylation is 1. The van der Waals surface area contributed by atoms with Gasteiger partial charge in [-0.2, -0.15) is 0 Å². The SMILES string of the molecule is COCCN1C(=O)C(=O)C(=C(O)c2ccc(C)cc2)[C@H]1c1ccccc1. The molecule has 3 rings (SSSR count). The predicted octanol–water partition coefficient (Wildman–Crippen LogP) is 3.06. The lowest BCUT2D eigenvalue weighted by molar-refractivity contribution is -0.140. The van der Waals surface area contributed by atoms with Crippen LogP contribution in [-0.4, -0.2) is 42.0 Å². The smallest absolute Gasteiger partial charge is 0.295 e. The molecule has 26 heavy (non-hydrogen) atoms. The second kappa shape index (κ2) is 7.54. The Labute approximate surface area is 152 Å². The summed E-state index contributed by atoms with van der Waals surface area (Å²) in [5.41, 5.74) is 2.44. The first-order chi connectivity index (χ1) is 12.5. The second-order valence-electron chi connectivity index (χ2n) is 6.26. The van der Waals surface area contributed by atoms with Crippen LogP contribution >= 0.6 is 0 Å². The first-order valence-electron chi connectivity index (χ1n) is 8.44. The molecule has 1 N–H and O–H groups in total. The standard InChI is InChI=1S/C21H21NO4/c1-14-8-10-16(11-9-14)19(23)17-18(15-6-4-3-5-7-15)22(12-13-26-2)21(25)20(17)24/h3-11,18,23H,12-13H2,1-2H3/t18-/m1/s1. The summed E-state index contributed by atoms with van der Waals surface area (Å²) in [7, 11) is 1.54. The Morgan fingerprint density at radius 3 is 2.35 bits per heavy atom. The summed E-state index contributed by atoms with van der Waals surface area (Å²) in [4.78, 5) is 26.7. The van der Waals surface area contributed by atoms with E-state index in [-0.39, 0.29) is 17.9 Å². The van der Waals surface area contributed by atoms with Crippen molar-refractivity contribution in [3.63, 3.8) is 0 Å². The number of hydrogen-bond donors (Lipinski definition) is 1. The van der Waals surface area contributed by atoms with Gasteiger partial charge in [0.1, 0.15) is 5.76 Å². The van der Waals surface area contributed by atoms with E-state index in [0.29, 0.717) is 12.2 Å². The van der Waals surface area contributed by atoms with Gasteiger partial charge >= 0.3 is 0 Å². The van der Waals surface area contributed by atoms with E-state index in [1.165, 1.54) is 4.90 Å². The van der Waals surface area contributed by atoms with Crippen molar-refractivity contribution < 1.29 is 19.4 Å². The zero-order valence-electron chi connectivity index (χ0n) is 14.8. The highest BCUT2D eigenvalue weighted by atomic mass is 16.5. The van der Waals surface area contributed by atoms with Crippen molar-refractivity contribution in [1.82, 2.24) is 4.90 Å². The molecule has 0 aliphatic carbocycles. The largest absolute Gasteiger partial charge is 0.507 e. The molecule has 0 saturated carbocycles. The number of nitrogens with zero attached hydrogens (tertiary/aromatic N) is 1. The molecule has 0 bridgehead atoms. The maximum absolute atomic E-state index is 12.7. The van der Waals surface area contributed by atoms with Crippen LogP contribution in [0, 0.1) is 6.92 Å². The minimum atomic E-state index is -0.673. The van der Waals surface area contributed by atoms with E-state index in [1.807, 2.05) is 49.4 Å². The van der Waals surface area contributed by atoms with Gasteiger partial charge in [-0.3, -0.25) is 9.59 Å². The number of methoxy groups -OCH3 is 1. The fraction of sp³-hybridized carbons (Fsp3) is 0.238. The van der Waals surface area contributed by atoms with E-state index in [4.69, 9.17) is 4.74 Å². The molecule has 2 aromatic carbocycles. The Morgan fingerprint density at radius 1 is 1.08 bits per heavy atom. The van der Waals surface area contributed by atoms with Gasteiger partial charge in [-0.05, 0) is 12.5 Å². The van der Waals surface area contributed by atoms with Crippen LogP contribution in [0.2, 0.25) is 0 Å². The molecule has 1 aliphatic rings. The number of hydrogen-bond acceptors (Lipinski definition) is 4. The number of carbonyl (C=O) groups excluding carboxylic acids is 2. The lowest BCUT2D eigenvalue weighted by Crippen LogP contribution is -2.32. The van der Waals surface area contributed by atoms with E-state index >= 15 is 0 Å². The summed E-state index contributed by atoms with van der Waals surface area (Å²) in [6.45, 7) is 2.52. The fourth-order valence-corrected chi connectivity index (χ4v) is 3.15. The number of rotatable bonds is 5. The minimum Gasteiger partial charge on any atom is -0.507 e. The molecule has 1 heterocycles. The molecule has 1 fully saturated rings. The number of ketones is 1. The molecule has 1 saturated heterocycles. The average Bonchev–Trinajstić information content (AvgIpc) is 2.91. The third kappa shape index (κ3) is 3.26. The van der Waals surface area contributed by atoms with Gasteiger partial charge in [0, 0.05) is 19.2 Å². The van der Waals surface area contributed by atoms with Crippen LogP contribution in [0.1, 0.15) is 22.7 Å². The van der Waals surface area contributed by atoms with Crippen molar-refractivity contribution in [2.75, 3.05) is 20.3 Å². The molecule has 0 aromatic heterocycles. The number of amides is 1. The molecule has 1 aliphatic heterocycles. The highest BCUT2D eigenvalue weighted by molar-refractivity contribution is 6.46. The van der Waals surface area contributed by atoms with Crippen LogP contribution < -0.4 is 0 Å². The van der Waals surface area contributed by atoms with E-state index in [9.17, 15) is 14.7 Å². The van der Waals surface area contributed by atoms with Crippen LogP contribution in [0.5, 0.6) is 0 Å². The van der Waals surface area contributed by atoms with Gasteiger partial charge in [-0.15, -0.1) is 0 Å². The summed E-state index contributed by atoms with van der Waals surface area (Å²) in [5.74, 6) is -1.45. The van der Waals surface area contributed by atoms with Crippen molar-refractivity contribution in [3.05, 3.63) is 76.9 Å². The monoisotopic (exact) mass is 351 g/mol. The van der Waals surface area contributed by atoms with E-state index in [2.05, 4.69) is 0 Å². The van der Waals surface area contributed by atoms with Gasteiger partial charge in [-0.25, -0.2) is 0 Å². The number of likely N-dealkylation sites (tertiary alicyclic amines) is 1. The van der Waals surface area contributed by atoms with Gasteiger partial charge in [0.2, 0.25) is 0 Å². The van der Waals surface area contributed by atoms with Crippen molar-refractivity contribution >= 4 is 17.4 Å². The molecular weight excluding hydrogens is 330 g/mol. The molecule has 5 nitrogen and oxygen atoms in total. The van der Waals surface area contributed by atoms with Gasteiger partial charge in [0.05, 0.1) is 18.2 Å². The van der Waals surface area contributed by atoms with Crippen molar-refractivity contribution in [1.29, 1.82) is 0 Å². The van der Waals surface area contributed by atoms with E-state index < -0.39 is 17.7 Å². The van der Waals surface area contributed by atoms with Gasteiger partial charge in [-0.1, -0.05) is 60.2 Å². The summed E-state index contributed by atoms with van der Waals surface area (Å²) >= 11 is 0. The van der Waals surface area contributed by atoms with Crippen LogP contribution in [0.25, 0.3) is 5.76 Å². The number of aliphatic hydroxyl groups excluding tert-OH is 1. The Morgan fingerprint density at radius 2 is 1.73 bits per heavy atom. The molecule has 2 aromatic rings. The summed E-state index contributed by atoms with van der Waals surface area (Å²) in [6.07, 6.45) is 0. The summed E-state index contributed by atoms with van der Waals surface area (Å²) in [6, 6.07) is 15.8. The first-order valence-corrected chi connectivity index (χ1v) is 8.44. The van der Waals surface area contributed by atoms with Gasteiger partial charge < -0.3 is 14.7 Å². The van der Waals surface area contributed by atoms with Crippen LogP contribution in [-0.2, 0) is 14.3 Å². The fourth-order valence-electron chi connectivity index (χ4n) is 3.15. The maximum Gasteiger partial charge on any atom is 0.295 e. The first kappa shape index (κ1) is 17.9. The number of benzene rings is 2. The predicted molar refractivity (Wildman–Crippen MR) is 98.5 cm³/mol. The third-order valence-electron chi connectivity index (χ3n) is 4.52. The Bertz CT molecular complexity index is 840. The van der Waals surface area contributed by atoms with Gasteiger partial charge in [0.25, 0.3) is 11.7 Å². The Hall–Kier alpha value is -2.92. The number of carbonyl (C=O) groups is 2. The average molecular weight is 351 g/mol. The molecule has 1 atom stereocenters.